The number of rotatable bonds is 8. The minimum Gasteiger partial charge on any atom is -0.353 e. The van der Waals surface area contributed by atoms with E-state index in [1.54, 1.807) is 18.3 Å². The van der Waals surface area contributed by atoms with Crippen LogP contribution in [0.3, 0.4) is 0 Å². The van der Waals surface area contributed by atoms with Gasteiger partial charge in [0.15, 0.2) is 0 Å². The minimum atomic E-state index is -3.78. The first kappa shape index (κ1) is 19.5. The van der Waals surface area contributed by atoms with Crippen LogP contribution in [0.15, 0.2) is 53.9 Å². The van der Waals surface area contributed by atoms with Crippen molar-refractivity contribution in [2.24, 2.45) is 0 Å². The Labute approximate surface area is 151 Å². The molecule has 0 atom stereocenters. The van der Waals surface area contributed by atoms with Crippen molar-refractivity contribution >= 4 is 21.8 Å². The number of nitrogens with one attached hydrogen (secondary N) is 2. The lowest BCUT2D eigenvalue weighted by Crippen LogP contribution is -2.41. The Morgan fingerprint density at radius 2 is 1.69 bits per heavy atom. The minimum absolute atomic E-state index is 0.0130. The maximum Gasteiger partial charge on any atom is 0.252 e. The van der Waals surface area contributed by atoms with Crippen LogP contribution in [0.1, 0.15) is 10.4 Å². The molecule has 0 saturated heterocycles. The van der Waals surface area contributed by atoms with Gasteiger partial charge in [-0.25, -0.2) is 8.42 Å². The maximum absolute atomic E-state index is 12.3. The lowest BCUT2D eigenvalue weighted by molar-refractivity contribution is -0.121. The van der Waals surface area contributed by atoms with Crippen molar-refractivity contribution in [1.29, 1.82) is 0 Å². The molecule has 2 aromatic heterocycles. The van der Waals surface area contributed by atoms with Crippen LogP contribution in [0.5, 0.6) is 0 Å². The molecule has 10 heteroatoms. The largest absolute Gasteiger partial charge is 0.353 e. The molecule has 0 saturated carbocycles. The number of nitrogens with zero attached hydrogens (tertiary/aromatic N) is 3. The third-order valence-electron chi connectivity index (χ3n) is 3.37. The number of pyridine rings is 2. The summed E-state index contributed by atoms with van der Waals surface area (Å²) in [6.45, 7) is 0.0396. The summed E-state index contributed by atoms with van der Waals surface area (Å²) in [5.74, 6) is -0.779. The first-order valence-electron chi connectivity index (χ1n) is 7.72. The molecule has 2 amide bonds. The molecular formula is C16H19N5O4S. The molecule has 2 heterocycles. The van der Waals surface area contributed by atoms with Gasteiger partial charge < -0.3 is 10.6 Å². The van der Waals surface area contributed by atoms with Gasteiger partial charge in [-0.1, -0.05) is 0 Å². The quantitative estimate of drug-likeness (QED) is 0.606. The fourth-order valence-corrected chi connectivity index (χ4v) is 3.09. The van der Waals surface area contributed by atoms with Gasteiger partial charge in [0.1, 0.15) is 4.90 Å². The van der Waals surface area contributed by atoms with Crippen molar-refractivity contribution in [2.45, 2.75) is 4.90 Å². The van der Waals surface area contributed by atoms with Crippen molar-refractivity contribution in [1.82, 2.24) is 24.9 Å². The topological polar surface area (TPSA) is 121 Å². The van der Waals surface area contributed by atoms with Crippen LogP contribution in [-0.4, -0.2) is 61.2 Å². The van der Waals surface area contributed by atoms with Crippen LogP contribution in [0.25, 0.3) is 0 Å². The van der Waals surface area contributed by atoms with Gasteiger partial charge in [-0.2, -0.15) is 4.31 Å². The predicted octanol–water partition coefficient (Wildman–Crippen LogP) is -0.357. The summed E-state index contributed by atoms with van der Waals surface area (Å²) in [5.41, 5.74) is 0.418. The molecule has 0 fully saturated rings. The molecule has 2 rings (SSSR count). The molecule has 0 aliphatic carbocycles. The third kappa shape index (κ3) is 5.33. The van der Waals surface area contributed by atoms with E-state index in [0.717, 1.165) is 4.31 Å². The number of likely N-dealkylation sites (N-methyl/N-ethyl adjacent to an activating group) is 1. The summed E-state index contributed by atoms with van der Waals surface area (Å²) >= 11 is 0. The van der Waals surface area contributed by atoms with Gasteiger partial charge in [-0.05, 0) is 24.3 Å². The molecule has 0 aromatic carbocycles. The van der Waals surface area contributed by atoms with E-state index < -0.39 is 15.9 Å². The molecular weight excluding hydrogens is 358 g/mol. The molecule has 2 aromatic rings. The third-order valence-corrected chi connectivity index (χ3v) is 5.15. The van der Waals surface area contributed by atoms with Gasteiger partial charge in [0, 0.05) is 44.9 Å². The predicted molar refractivity (Wildman–Crippen MR) is 93.6 cm³/mol. The molecule has 9 nitrogen and oxygen atoms in total. The Morgan fingerprint density at radius 1 is 1.04 bits per heavy atom. The van der Waals surface area contributed by atoms with E-state index in [4.69, 9.17) is 0 Å². The van der Waals surface area contributed by atoms with Crippen LogP contribution in [0.2, 0.25) is 0 Å². The zero-order valence-electron chi connectivity index (χ0n) is 14.1. The Bertz CT molecular complexity index is 843. The van der Waals surface area contributed by atoms with Crippen molar-refractivity contribution < 1.29 is 18.0 Å². The molecule has 0 unspecified atom stereocenters. The monoisotopic (exact) mass is 377 g/mol. The van der Waals surface area contributed by atoms with Crippen molar-refractivity contribution in [2.75, 3.05) is 26.7 Å². The summed E-state index contributed by atoms with van der Waals surface area (Å²) < 4.78 is 25.5. The normalized spacial score (nSPS) is 11.2. The second kappa shape index (κ2) is 9.02. The summed E-state index contributed by atoms with van der Waals surface area (Å²) in [6, 6.07) is 6.19. The first-order chi connectivity index (χ1) is 12.4. The number of carbonyl (C=O) groups excluding carboxylic acids is 2. The fourth-order valence-electron chi connectivity index (χ4n) is 2.00. The van der Waals surface area contributed by atoms with Crippen molar-refractivity contribution in [3.63, 3.8) is 0 Å². The van der Waals surface area contributed by atoms with Gasteiger partial charge in [0.2, 0.25) is 15.9 Å². The Kier molecular flexibility index (Phi) is 6.75. The second-order valence-corrected chi connectivity index (χ2v) is 7.34. The number of hydrogen-bond acceptors (Lipinski definition) is 6. The smallest absolute Gasteiger partial charge is 0.252 e. The highest BCUT2D eigenvalue weighted by molar-refractivity contribution is 7.89. The molecule has 2 N–H and O–H groups in total. The van der Waals surface area contributed by atoms with Crippen LogP contribution in [0, 0.1) is 0 Å². The lowest BCUT2D eigenvalue weighted by Gasteiger charge is -2.16. The average Bonchev–Trinajstić information content (AvgIpc) is 2.66. The van der Waals surface area contributed by atoms with Crippen molar-refractivity contribution in [3.05, 3.63) is 54.6 Å². The van der Waals surface area contributed by atoms with Gasteiger partial charge in [0.05, 0.1) is 12.1 Å². The molecule has 138 valence electrons. The zero-order chi connectivity index (χ0) is 19.0. The number of hydrogen-bond donors (Lipinski definition) is 2. The Morgan fingerprint density at radius 3 is 2.31 bits per heavy atom. The molecule has 0 aliphatic rings. The number of sulfonamides is 1. The van der Waals surface area contributed by atoms with E-state index >= 15 is 0 Å². The highest BCUT2D eigenvalue weighted by atomic mass is 32.2. The zero-order valence-corrected chi connectivity index (χ0v) is 14.9. The summed E-state index contributed by atoms with van der Waals surface area (Å²) in [4.78, 5) is 31.3. The number of carbonyl (C=O) groups is 2. The van der Waals surface area contributed by atoms with E-state index in [2.05, 4.69) is 20.6 Å². The fraction of sp³-hybridized carbons (Fsp3) is 0.250. The molecule has 26 heavy (non-hydrogen) atoms. The van der Waals surface area contributed by atoms with Crippen LogP contribution >= 0.6 is 0 Å². The lowest BCUT2D eigenvalue weighted by atomic mass is 10.3. The van der Waals surface area contributed by atoms with Crippen LogP contribution < -0.4 is 10.6 Å². The maximum atomic E-state index is 12.3. The van der Waals surface area contributed by atoms with Gasteiger partial charge in [-0.3, -0.25) is 19.6 Å². The molecule has 0 spiro atoms. The van der Waals surface area contributed by atoms with Gasteiger partial charge in [-0.15, -0.1) is 0 Å². The second-order valence-electron chi connectivity index (χ2n) is 5.30. The van der Waals surface area contributed by atoms with E-state index in [9.17, 15) is 18.0 Å². The summed E-state index contributed by atoms with van der Waals surface area (Å²) in [6.07, 6.45) is 5.68. The molecule has 0 aliphatic heterocycles. The standard InChI is InChI=1S/C16H19N5O4S/c1-21(26(24,25)14-5-3-7-18-11-14)12-15(22)19-8-9-20-16(23)13-4-2-6-17-10-13/h2-7,10-11H,8-9,12H2,1H3,(H,19,22)(H,20,23). The van der Waals surface area contributed by atoms with Gasteiger partial charge in [0.25, 0.3) is 5.91 Å². The first-order valence-corrected chi connectivity index (χ1v) is 9.16. The summed E-state index contributed by atoms with van der Waals surface area (Å²) in [7, 11) is -2.47. The number of amides is 2. The molecule has 0 bridgehead atoms. The Hall–Kier alpha value is -2.85. The van der Waals surface area contributed by atoms with Crippen LogP contribution in [0.4, 0.5) is 0 Å². The van der Waals surface area contributed by atoms with E-state index in [1.807, 2.05) is 0 Å². The van der Waals surface area contributed by atoms with E-state index in [0.29, 0.717) is 5.56 Å². The van der Waals surface area contributed by atoms with E-state index in [-0.39, 0.29) is 30.4 Å². The average molecular weight is 377 g/mol. The number of aromatic nitrogens is 2. The highest BCUT2D eigenvalue weighted by Crippen LogP contribution is 2.11. The van der Waals surface area contributed by atoms with Crippen LogP contribution in [-0.2, 0) is 14.8 Å². The van der Waals surface area contributed by atoms with Crippen molar-refractivity contribution in [3.8, 4) is 0 Å². The Balaban J connectivity index is 1.76. The van der Waals surface area contributed by atoms with Gasteiger partial charge >= 0.3 is 0 Å². The highest BCUT2D eigenvalue weighted by Gasteiger charge is 2.22. The summed E-state index contributed by atoms with van der Waals surface area (Å²) in [5, 5.41) is 5.18. The van der Waals surface area contributed by atoms with E-state index in [1.165, 1.54) is 37.8 Å². The SMILES string of the molecule is CN(CC(=O)NCCNC(=O)c1cccnc1)S(=O)(=O)c1cccnc1. The molecule has 0 radical (unpaired) electrons.